The van der Waals surface area contributed by atoms with Gasteiger partial charge in [0.15, 0.2) is 18.1 Å². The van der Waals surface area contributed by atoms with Crippen LogP contribution < -0.4 is 19.9 Å². The summed E-state index contributed by atoms with van der Waals surface area (Å²) >= 11 is 1.61. The van der Waals surface area contributed by atoms with E-state index < -0.39 is 11.5 Å². The number of ether oxygens (including phenoxy) is 3. The molecular weight excluding hydrogens is 480 g/mol. The summed E-state index contributed by atoms with van der Waals surface area (Å²) in [5, 5.41) is 12.0. The summed E-state index contributed by atoms with van der Waals surface area (Å²) in [6.45, 7) is 2.89. The zero-order chi connectivity index (χ0) is 25.9. The van der Waals surface area contributed by atoms with E-state index in [-0.39, 0.29) is 12.5 Å². The third-order valence-corrected chi connectivity index (χ3v) is 7.70. The minimum Gasteiger partial charge on any atom is -0.493 e. The molecule has 2 aromatic carbocycles. The quantitative estimate of drug-likeness (QED) is 0.398. The highest BCUT2D eigenvalue weighted by Crippen LogP contribution is 2.36. The molecule has 0 saturated carbocycles. The first kappa shape index (κ1) is 25.8. The Labute approximate surface area is 214 Å². The zero-order valence-corrected chi connectivity index (χ0v) is 21.7. The summed E-state index contributed by atoms with van der Waals surface area (Å²) in [7, 11) is 3.19. The third kappa shape index (κ3) is 5.57. The number of nitrogens with two attached hydrogens (primary N) is 1. The Morgan fingerprint density at radius 3 is 2.72 bits per heavy atom. The topological polar surface area (TPSA) is 111 Å². The fraction of sp³-hybridized carbons (Fsp3) is 0.407. The van der Waals surface area contributed by atoms with Crippen LogP contribution in [0.1, 0.15) is 41.3 Å². The lowest BCUT2D eigenvalue weighted by Crippen LogP contribution is -2.44. The standard InChI is InChI=1S/C27H32N2O6S/c1-27(28,10-8-17-16-36-23-14-18(4-5-19(17)23)35-15-24(30)31)11-13-29-12-9-20-21(26(29)32)6-7-22(33-2)25(20)34-3/h4-7,14,16H,8-13,15,28H2,1-3H3,(H,30,31). The van der Waals surface area contributed by atoms with Crippen molar-refractivity contribution in [1.29, 1.82) is 0 Å². The number of carboxylic acid groups (broad SMARTS) is 1. The van der Waals surface area contributed by atoms with E-state index in [1.807, 2.05) is 30.0 Å². The minimum absolute atomic E-state index is 0.00208. The number of thiophene rings is 1. The molecule has 1 unspecified atom stereocenters. The van der Waals surface area contributed by atoms with Crippen LogP contribution in [0.2, 0.25) is 0 Å². The van der Waals surface area contributed by atoms with Gasteiger partial charge in [-0.05, 0) is 79.3 Å². The maximum absolute atomic E-state index is 13.2. The molecule has 36 heavy (non-hydrogen) atoms. The average molecular weight is 513 g/mol. The Kier molecular flexibility index (Phi) is 7.70. The molecule has 1 atom stereocenters. The second-order valence-corrected chi connectivity index (χ2v) is 10.3. The van der Waals surface area contributed by atoms with Gasteiger partial charge in [-0.3, -0.25) is 4.79 Å². The van der Waals surface area contributed by atoms with Crippen molar-refractivity contribution >= 4 is 33.3 Å². The van der Waals surface area contributed by atoms with Crippen molar-refractivity contribution in [3.63, 3.8) is 0 Å². The Hall–Kier alpha value is -3.30. The number of rotatable bonds is 11. The van der Waals surface area contributed by atoms with Gasteiger partial charge < -0.3 is 30.0 Å². The SMILES string of the molecule is COc1ccc2c(c1OC)CCN(CCC(C)(N)CCc1csc3cc(OCC(=O)O)ccc13)C2=O. The second-order valence-electron chi connectivity index (χ2n) is 9.37. The van der Waals surface area contributed by atoms with Crippen LogP contribution in [-0.4, -0.2) is 61.3 Å². The van der Waals surface area contributed by atoms with Gasteiger partial charge in [-0.15, -0.1) is 11.3 Å². The lowest BCUT2D eigenvalue weighted by atomic mass is 9.90. The predicted octanol–water partition coefficient (Wildman–Crippen LogP) is 4.12. The van der Waals surface area contributed by atoms with Gasteiger partial charge in [0.1, 0.15) is 5.75 Å². The largest absolute Gasteiger partial charge is 0.493 e. The fourth-order valence-electron chi connectivity index (χ4n) is 4.60. The number of carbonyl (C=O) groups excluding carboxylic acids is 1. The number of nitrogens with zero attached hydrogens (tertiary/aromatic N) is 1. The normalized spacial score (nSPS) is 14.9. The van der Waals surface area contributed by atoms with Crippen LogP contribution in [0.15, 0.2) is 35.7 Å². The summed E-state index contributed by atoms with van der Waals surface area (Å²) in [4.78, 5) is 25.8. The number of fused-ring (bicyclic) bond motifs is 2. The van der Waals surface area contributed by atoms with E-state index in [0.717, 1.165) is 28.5 Å². The van der Waals surface area contributed by atoms with Crippen LogP contribution in [-0.2, 0) is 17.6 Å². The van der Waals surface area contributed by atoms with E-state index in [9.17, 15) is 9.59 Å². The average Bonchev–Trinajstić information content (AvgIpc) is 3.27. The van der Waals surface area contributed by atoms with Gasteiger partial charge in [-0.25, -0.2) is 4.79 Å². The van der Waals surface area contributed by atoms with E-state index in [1.54, 1.807) is 37.7 Å². The Morgan fingerprint density at radius 2 is 2.00 bits per heavy atom. The fourth-order valence-corrected chi connectivity index (χ4v) is 5.62. The maximum Gasteiger partial charge on any atom is 0.341 e. The van der Waals surface area contributed by atoms with Crippen molar-refractivity contribution in [2.24, 2.45) is 5.73 Å². The van der Waals surface area contributed by atoms with E-state index in [1.165, 1.54) is 5.56 Å². The zero-order valence-electron chi connectivity index (χ0n) is 20.8. The van der Waals surface area contributed by atoms with Gasteiger partial charge in [0, 0.05) is 34.5 Å². The second kappa shape index (κ2) is 10.8. The van der Waals surface area contributed by atoms with E-state index in [4.69, 9.17) is 25.1 Å². The van der Waals surface area contributed by atoms with Gasteiger partial charge in [-0.1, -0.05) is 0 Å². The number of benzene rings is 2. The number of aryl methyl sites for hydroxylation is 1. The summed E-state index contributed by atoms with van der Waals surface area (Å²) < 4.78 is 17.2. The van der Waals surface area contributed by atoms with Crippen molar-refractivity contribution in [2.75, 3.05) is 33.9 Å². The van der Waals surface area contributed by atoms with Crippen molar-refractivity contribution in [3.05, 3.63) is 52.4 Å². The molecule has 192 valence electrons. The smallest absolute Gasteiger partial charge is 0.341 e. The first-order valence-electron chi connectivity index (χ1n) is 11.9. The van der Waals surface area contributed by atoms with E-state index in [2.05, 4.69) is 5.38 Å². The molecule has 0 radical (unpaired) electrons. The summed E-state index contributed by atoms with van der Waals surface area (Å²) in [5.74, 6) is 0.815. The molecule has 1 amide bonds. The first-order chi connectivity index (χ1) is 17.2. The van der Waals surface area contributed by atoms with E-state index in [0.29, 0.717) is 48.7 Å². The van der Waals surface area contributed by atoms with Crippen molar-refractivity contribution < 1.29 is 28.9 Å². The molecule has 1 aliphatic heterocycles. The molecule has 2 heterocycles. The molecule has 1 aromatic heterocycles. The van der Waals surface area contributed by atoms with Crippen LogP contribution in [0.5, 0.6) is 17.2 Å². The minimum atomic E-state index is -1.00. The van der Waals surface area contributed by atoms with Gasteiger partial charge in [0.05, 0.1) is 14.2 Å². The Bertz CT molecular complexity index is 1270. The molecular formula is C27H32N2O6S. The number of hydrogen-bond acceptors (Lipinski definition) is 7. The highest BCUT2D eigenvalue weighted by atomic mass is 32.1. The maximum atomic E-state index is 13.2. The number of methoxy groups -OCH3 is 2. The van der Waals surface area contributed by atoms with Gasteiger partial charge in [0.25, 0.3) is 5.91 Å². The molecule has 0 aliphatic carbocycles. The molecule has 9 heteroatoms. The highest BCUT2D eigenvalue weighted by molar-refractivity contribution is 7.17. The summed E-state index contributed by atoms with van der Waals surface area (Å²) in [6.07, 6.45) is 2.99. The monoisotopic (exact) mass is 512 g/mol. The number of hydrogen-bond donors (Lipinski definition) is 2. The van der Waals surface area contributed by atoms with Crippen LogP contribution in [0, 0.1) is 0 Å². The van der Waals surface area contributed by atoms with Gasteiger partial charge >= 0.3 is 5.97 Å². The molecule has 0 fully saturated rings. The van der Waals surface area contributed by atoms with Crippen LogP contribution in [0.3, 0.4) is 0 Å². The van der Waals surface area contributed by atoms with Crippen LogP contribution >= 0.6 is 11.3 Å². The molecule has 0 bridgehead atoms. The number of carbonyl (C=O) groups is 2. The summed E-state index contributed by atoms with van der Waals surface area (Å²) in [5.41, 5.74) is 9.00. The Balaban J connectivity index is 1.36. The molecule has 1 aliphatic rings. The number of aliphatic carboxylic acids is 1. The van der Waals surface area contributed by atoms with Crippen molar-refractivity contribution in [2.45, 2.75) is 38.1 Å². The van der Waals surface area contributed by atoms with Gasteiger partial charge in [-0.2, -0.15) is 0 Å². The molecule has 3 N–H and O–H groups in total. The van der Waals surface area contributed by atoms with Crippen LogP contribution in [0.4, 0.5) is 0 Å². The number of amides is 1. The van der Waals surface area contributed by atoms with E-state index >= 15 is 0 Å². The summed E-state index contributed by atoms with van der Waals surface area (Å²) in [6, 6.07) is 9.23. The molecule has 3 aromatic rings. The lowest BCUT2D eigenvalue weighted by Gasteiger charge is -2.33. The lowest BCUT2D eigenvalue weighted by molar-refractivity contribution is -0.139. The molecule has 0 saturated heterocycles. The molecule has 4 rings (SSSR count). The van der Waals surface area contributed by atoms with Crippen LogP contribution in [0.25, 0.3) is 10.1 Å². The first-order valence-corrected chi connectivity index (χ1v) is 12.8. The Morgan fingerprint density at radius 1 is 1.19 bits per heavy atom. The predicted molar refractivity (Wildman–Crippen MR) is 140 cm³/mol. The van der Waals surface area contributed by atoms with Crippen molar-refractivity contribution in [1.82, 2.24) is 4.90 Å². The highest BCUT2D eigenvalue weighted by Gasteiger charge is 2.30. The van der Waals surface area contributed by atoms with Crippen molar-refractivity contribution in [3.8, 4) is 17.2 Å². The third-order valence-electron chi connectivity index (χ3n) is 6.71. The van der Waals surface area contributed by atoms with Gasteiger partial charge in [0.2, 0.25) is 0 Å². The molecule has 8 nitrogen and oxygen atoms in total. The molecule has 0 spiro atoms. The number of carboxylic acids is 1.